The van der Waals surface area contributed by atoms with Gasteiger partial charge in [-0.1, -0.05) is 0 Å². The Morgan fingerprint density at radius 2 is 1.56 bits per heavy atom. The third-order valence-corrected chi connectivity index (χ3v) is 0.114. The Hall–Kier alpha value is -1.13. The summed E-state index contributed by atoms with van der Waals surface area (Å²) in [5.74, 6) is -2.25. The van der Waals surface area contributed by atoms with Gasteiger partial charge in [-0.3, -0.25) is 4.79 Å². The highest BCUT2D eigenvalue weighted by Crippen LogP contribution is 1.60. The number of carboxylic acid groups (broad SMARTS) is 2. The van der Waals surface area contributed by atoms with Gasteiger partial charge in [-0.2, -0.15) is 0 Å². The molecule has 0 bridgehead atoms. The molecule has 0 rings (SSSR count). The Morgan fingerprint density at radius 1 is 1.44 bits per heavy atom. The molecular formula is C4H7FO4. The lowest BCUT2D eigenvalue weighted by molar-refractivity contribution is -0.138. The van der Waals surface area contributed by atoms with E-state index in [1.54, 1.807) is 0 Å². The van der Waals surface area contributed by atoms with E-state index >= 15 is 0 Å². The molecule has 54 valence electrons. The molecule has 0 spiro atoms. The van der Waals surface area contributed by atoms with Gasteiger partial charge in [-0.05, 0) is 0 Å². The van der Waals surface area contributed by atoms with Crippen LogP contribution in [0.1, 0.15) is 6.92 Å². The minimum absolute atomic E-state index is 0.833. The molecule has 0 aliphatic rings. The molecule has 5 heteroatoms. The monoisotopic (exact) mass is 138 g/mol. The minimum atomic E-state index is -1.41. The zero-order chi connectivity index (χ0) is 7.86. The summed E-state index contributed by atoms with van der Waals surface area (Å²) in [5.41, 5.74) is 0. The number of carbonyl (C=O) groups is 2. The van der Waals surface area contributed by atoms with E-state index in [2.05, 4.69) is 0 Å². The predicted octanol–water partition coefficient (Wildman–Crippen LogP) is 0.131. The Labute approximate surface area is 50.9 Å². The van der Waals surface area contributed by atoms with Crippen LogP contribution in [-0.2, 0) is 9.59 Å². The van der Waals surface area contributed by atoms with Gasteiger partial charge in [-0.15, -0.1) is 0 Å². The van der Waals surface area contributed by atoms with Gasteiger partial charge in [0.25, 0.3) is 5.97 Å². The zero-order valence-corrected chi connectivity index (χ0v) is 4.80. The number of hydrogen-bond acceptors (Lipinski definition) is 2. The minimum Gasteiger partial charge on any atom is -0.481 e. The second-order valence-corrected chi connectivity index (χ2v) is 1.05. The van der Waals surface area contributed by atoms with Crippen molar-refractivity contribution in [2.75, 3.05) is 6.67 Å². The molecule has 0 aliphatic carbocycles. The molecule has 0 aromatic rings. The molecule has 0 unspecified atom stereocenters. The number of hydrogen-bond donors (Lipinski definition) is 2. The first-order chi connectivity index (χ1) is 4.00. The van der Waals surface area contributed by atoms with Crippen LogP contribution in [0.15, 0.2) is 0 Å². The van der Waals surface area contributed by atoms with E-state index in [1.165, 1.54) is 0 Å². The van der Waals surface area contributed by atoms with Crippen LogP contribution in [-0.4, -0.2) is 28.8 Å². The molecule has 0 amide bonds. The fraction of sp³-hybridized carbons (Fsp3) is 0.500. The average Bonchev–Trinajstić information content (AvgIpc) is 1.65. The molecule has 4 nitrogen and oxygen atoms in total. The van der Waals surface area contributed by atoms with Crippen molar-refractivity contribution in [2.45, 2.75) is 6.92 Å². The van der Waals surface area contributed by atoms with E-state index in [-0.39, 0.29) is 0 Å². The smallest absolute Gasteiger partial charge is 0.335 e. The van der Waals surface area contributed by atoms with Crippen molar-refractivity contribution in [1.29, 1.82) is 0 Å². The summed E-state index contributed by atoms with van der Waals surface area (Å²) in [4.78, 5) is 18.0. The predicted molar refractivity (Wildman–Crippen MR) is 26.9 cm³/mol. The molecule has 0 aromatic carbocycles. The number of aliphatic carboxylic acids is 2. The highest BCUT2D eigenvalue weighted by Gasteiger charge is 1.85. The summed E-state index contributed by atoms with van der Waals surface area (Å²) in [6.45, 7) is -0.194. The lowest BCUT2D eigenvalue weighted by Gasteiger charge is -1.69. The average molecular weight is 138 g/mol. The van der Waals surface area contributed by atoms with Crippen LogP contribution in [0.25, 0.3) is 0 Å². The maximum absolute atomic E-state index is 10.5. The standard InChI is InChI=1S/C2H3FO2.C2H4O2/c3-1-2(4)5;1-2(3)4/h1H2,(H,4,5);1H3,(H,3,4). The Balaban J connectivity index is 0. The number of halogens is 1. The number of carboxylic acids is 2. The lowest BCUT2D eigenvalue weighted by atomic mass is 10.8. The maximum Gasteiger partial charge on any atom is 0.335 e. The van der Waals surface area contributed by atoms with Crippen LogP contribution >= 0.6 is 0 Å². The van der Waals surface area contributed by atoms with E-state index in [9.17, 15) is 4.39 Å². The van der Waals surface area contributed by atoms with Crippen LogP contribution in [0.5, 0.6) is 0 Å². The molecule has 2 N–H and O–H groups in total. The van der Waals surface area contributed by atoms with Crippen molar-refractivity contribution in [1.82, 2.24) is 0 Å². The summed E-state index contributed by atoms with van der Waals surface area (Å²) in [6, 6.07) is 0. The van der Waals surface area contributed by atoms with E-state index in [0.29, 0.717) is 0 Å². The summed E-state index contributed by atoms with van der Waals surface area (Å²) in [6.07, 6.45) is 0. The molecule has 0 aromatic heterocycles. The molecule has 0 fully saturated rings. The van der Waals surface area contributed by atoms with Crippen molar-refractivity contribution in [2.24, 2.45) is 0 Å². The summed E-state index contributed by atoms with van der Waals surface area (Å²) < 4.78 is 10.5. The summed E-state index contributed by atoms with van der Waals surface area (Å²) in [5, 5.41) is 14.8. The van der Waals surface area contributed by atoms with E-state index in [4.69, 9.17) is 19.8 Å². The van der Waals surface area contributed by atoms with E-state index < -0.39 is 18.6 Å². The van der Waals surface area contributed by atoms with Crippen LogP contribution < -0.4 is 0 Å². The number of rotatable bonds is 1. The van der Waals surface area contributed by atoms with Gasteiger partial charge in [0.05, 0.1) is 0 Å². The first-order valence-electron chi connectivity index (χ1n) is 1.98. The van der Waals surface area contributed by atoms with E-state index in [0.717, 1.165) is 6.92 Å². The van der Waals surface area contributed by atoms with Crippen LogP contribution in [0.3, 0.4) is 0 Å². The largest absolute Gasteiger partial charge is 0.481 e. The zero-order valence-electron chi connectivity index (χ0n) is 4.80. The molecule has 0 atom stereocenters. The van der Waals surface area contributed by atoms with Gasteiger partial charge in [-0.25, -0.2) is 9.18 Å². The van der Waals surface area contributed by atoms with Crippen LogP contribution in [0, 0.1) is 0 Å². The molecule has 0 heterocycles. The SMILES string of the molecule is CC(=O)O.O=C(O)CF. The highest BCUT2D eigenvalue weighted by molar-refractivity contribution is 5.67. The fourth-order valence-corrected chi connectivity index (χ4v) is 0. The van der Waals surface area contributed by atoms with Gasteiger partial charge in [0.2, 0.25) is 0 Å². The highest BCUT2D eigenvalue weighted by atomic mass is 19.1. The van der Waals surface area contributed by atoms with Crippen molar-refractivity contribution in [3.05, 3.63) is 0 Å². The summed E-state index contributed by atoms with van der Waals surface area (Å²) in [7, 11) is 0. The Morgan fingerprint density at radius 3 is 1.56 bits per heavy atom. The normalized spacial score (nSPS) is 6.89. The van der Waals surface area contributed by atoms with Gasteiger partial charge < -0.3 is 10.2 Å². The first-order valence-corrected chi connectivity index (χ1v) is 1.98. The second-order valence-electron chi connectivity index (χ2n) is 1.05. The Bertz CT molecular complexity index is 96.7. The van der Waals surface area contributed by atoms with Crippen molar-refractivity contribution < 1.29 is 24.2 Å². The third-order valence-electron chi connectivity index (χ3n) is 0.114. The Kier molecular flexibility index (Phi) is 8.23. The third kappa shape index (κ3) is 215. The molecular weight excluding hydrogens is 131 g/mol. The van der Waals surface area contributed by atoms with E-state index in [1.807, 2.05) is 0 Å². The molecule has 0 saturated heterocycles. The quantitative estimate of drug-likeness (QED) is 0.540. The van der Waals surface area contributed by atoms with Gasteiger partial charge >= 0.3 is 5.97 Å². The van der Waals surface area contributed by atoms with Gasteiger partial charge in [0.1, 0.15) is 0 Å². The topological polar surface area (TPSA) is 74.6 Å². The van der Waals surface area contributed by atoms with Crippen molar-refractivity contribution in [3.63, 3.8) is 0 Å². The maximum atomic E-state index is 10.5. The lowest BCUT2D eigenvalue weighted by Crippen LogP contribution is -1.93. The molecule has 9 heavy (non-hydrogen) atoms. The van der Waals surface area contributed by atoms with Crippen LogP contribution in [0.4, 0.5) is 4.39 Å². The fourth-order valence-electron chi connectivity index (χ4n) is 0. The van der Waals surface area contributed by atoms with Gasteiger partial charge in [0.15, 0.2) is 6.67 Å². The second kappa shape index (κ2) is 6.87. The van der Waals surface area contributed by atoms with Crippen LogP contribution in [0.2, 0.25) is 0 Å². The first kappa shape index (κ1) is 10.8. The molecule has 0 saturated carbocycles. The summed E-state index contributed by atoms with van der Waals surface area (Å²) >= 11 is 0. The van der Waals surface area contributed by atoms with Crippen molar-refractivity contribution in [3.8, 4) is 0 Å². The number of alkyl halides is 1. The van der Waals surface area contributed by atoms with Crippen molar-refractivity contribution >= 4 is 11.9 Å². The molecule has 0 radical (unpaired) electrons. The van der Waals surface area contributed by atoms with Gasteiger partial charge in [0, 0.05) is 6.92 Å². The molecule has 0 aliphatic heterocycles.